The largest absolute Gasteiger partial charge is 0.497 e. The van der Waals surface area contributed by atoms with E-state index >= 15 is 0 Å². The van der Waals surface area contributed by atoms with Crippen LogP contribution in [0, 0.1) is 0 Å². The molecule has 19 heavy (non-hydrogen) atoms. The molecule has 0 fully saturated rings. The summed E-state index contributed by atoms with van der Waals surface area (Å²) in [5.41, 5.74) is 0.439. The number of hydrogen-bond acceptors (Lipinski definition) is 4. The average Bonchev–Trinajstić information content (AvgIpc) is 2.44. The van der Waals surface area contributed by atoms with Crippen molar-refractivity contribution >= 4 is 11.9 Å². The van der Waals surface area contributed by atoms with Crippen molar-refractivity contribution in [3.63, 3.8) is 0 Å². The SMILES string of the molecule is CCCOC(=O)[C@H](C)NC(=O)c1cccc(OC)c1. The second-order valence-corrected chi connectivity index (χ2v) is 4.09. The topological polar surface area (TPSA) is 64.6 Å². The van der Waals surface area contributed by atoms with E-state index < -0.39 is 12.0 Å². The van der Waals surface area contributed by atoms with E-state index in [4.69, 9.17) is 9.47 Å². The fourth-order valence-corrected chi connectivity index (χ4v) is 1.43. The first-order chi connectivity index (χ1) is 9.08. The van der Waals surface area contributed by atoms with Crippen LogP contribution in [0.4, 0.5) is 0 Å². The van der Waals surface area contributed by atoms with Crippen molar-refractivity contribution in [2.24, 2.45) is 0 Å². The molecule has 0 aliphatic heterocycles. The molecule has 0 saturated carbocycles. The summed E-state index contributed by atoms with van der Waals surface area (Å²) in [6.07, 6.45) is 0.752. The Bertz CT molecular complexity index is 445. The van der Waals surface area contributed by atoms with E-state index in [0.29, 0.717) is 17.9 Å². The molecule has 0 heterocycles. The van der Waals surface area contributed by atoms with Gasteiger partial charge in [0.2, 0.25) is 0 Å². The Morgan fingerprint density at radius 3 is 2.74 bits per heavy atom. The van der Waals surface area contributed by atoms with Crippen molar-refractivity contribution in [3.8, 4) is 5.75 Å². The van der Waals surface area contributed by atoms with Crippen molar-refractivity contribution in [3.05, 3.63) is 29.8 Å². The number of hydrogen-bond donors (Lipinski definition) is 1. The number of methoxy groups -OCH3 is 1. The monoisotopic (exact) mass is 265 g/mol. The first kappa shape index (κ1) is 15.0. The highest BCUT2D eigenvalue weighted by Crippen LogP contribution is 2.12. The van der Waals surface area contributed by atoms with Gasteiger partial charge in [-0.2, -0.15) is 0 Å². The normalized spacial score (nSPS) is 11.5. The molecule has 1 aromatic carbocycles. The molecule has 1 rings (SSSR count). The summed E-state index contributed by atoms with van der Waals surface area (Å²) in [6.45, 7) is 3.86. The molecule has 1 N–H and O–H groups in total. The van der Waals surface area contributed by atoms with Crippen LogP contribution in [0.1, 0.15) is 30.6 Å². The van der Waals surface area contributed by atoms with E-state index in [9.17, 15) is 9.59 Å². The van der Waals surface area contributed by atoms with Crippen molar-refractivity contribution in [1.82, 2.24) is 5.32 Å². The fraction of sp³-hybridized carbons (Fsp3) is 0.429. The van der Waals surface area contributed by atoms with Gasteiger partial charge in [0.25, 0.3) is 5.91 Å². The highest BCUT2D eigenvalue weighted by Gasteiger charge is 2.17. The van der Waals surface area contributed by atoms with Gasteiger partial charge in [0.05, 0.1) is 13.7 Å². The minimum absolute atomic E-state index is 0.333. The second-order valence-electron chi connectivity index (χ2n) is 4.09. The number of nitrogens with one attached hydrogen (secondary N) is 1. The zero-order valence-electron chi connectivity index (χ0n) is 11.4. The molecule has 1 amide bonds. The van der Waals surface area contributed by atoms with Gasteiger partial charge in [0.15, 0.2) is 0 Å². The molecule has 1 aromatic rings. The predicted molar refractivity (Wildman–Crippen MR) is 71.2 cm³/mol. The summed E-state index contributed by atoms with van der Waals surface area (Å²) in [4.78, 5) is 23.5. The van der Waals surface area contributed by atoms with Crippen LogP contribution in [0.5, 0.6) is 5.75 Å². The molecular weight excluding hydrogens is 246 g/mol. The zero-order chi connectivity index (χ0) is 14.3. The van der Waals surface area contributed by atoms with Gasteiger partial charge in [0.1, 0.15) is 11.8 Å². The third kappa shape index (κ3) is 4.62. The molecule has 0 bridgehead atoms. The lowest BCUT2D eigenvalue weighted by molar-refractivity contribution is -0.145. The Hall–Kier alpha value is -2.04. The van der Waals surface area contributed by atoms with Crippen LogP contribution < -0.4 is 10.1 Å². The summed E-state index contributed by atoms with van der Waals surface area (Å²) in [5.74, 6) is -0.174. The Kier molecular flexibility index (Phi) is 5.85. The first-order valence-corrected chi connectivity index (χ1v) is 6.20. The molecule has 0 aliphatic carbocycles. The highest BCUT2D eigenvalue weighted by molar-refractivity contribution is 5.96. The van der Waals surface area contributed by atoms with Gasteiger partial charge in [-0.25, -0.2) is 4.79 Å². The first-order valence-electron chi connectivity index (χ1n) is 6.20. The Labute approximate surface area is 112 Å². The summed E-state index contributed by atoms with van der Waals surface area (Å²) >= 11 is 0. The van der Waals surface area contributed by atoms with Gasteiger partial charge in [0, 0.05) is 5.56 Å². The van der Waals surface area contributed by atoms with Crippen LogP contribution in [-0.4, -0.2) is 31.6 Å². The van der Waals surface area contributed by atoms with E-state index in [1.165, 1.54) is 7.11 Å². The van der Waals surface area contributed by atoms with Crippen LogP contribution in [0.15, 0.2) is 24.3 Å². The number of ether oxygens (including phenoxy) is 2. The number of carbonyl (C=O) groups is 2. The minimum atomic E-state index is -0.676. The molecule has 0 aromatic heterocycles. The van der Waals surface area contributed by atoms with Gasteiger partial charge >= 0.3 is 5.97 Å². The summed E-state index contributed by atoms with van der Waals surface area (Å²) in [5, 5.41) is 2.59. The lowest BCUT2D eigenvalue weighted by Crippen LogP contribution is -2.39. The minimum Gasteiger partial charge on any atom is -0.497 e. The Morgan fingerprint density at radius 1 is 1.37 bits per heavy atom. The van der Waals surface area contributed by atoms with Crippen molar-refractivity contribution < 1.29 is 19.1 Å². The van der Waals surface area contributed by atoms with Crippen molar-refractivity contribution in [2.45, 2.75) is 26.3 Å². The summed E-state index contributed by atoms with van der Waals surface area (Å²) < 4.78 is 10.00. The van der Waals surface area contributed by atoms with Crippen LogP contribution >= 0.6 is 0 Å². The maximum atomic E-state index is 11.9. The van der Waals surface area contributed by atoms with E-state index in [-0.39, 0.29) is 5.91 Å². The Balaban J connectivity index is 2.60. The average molecular weight is 265 g/mol. The van der Waals surface area contributed by atoms with Crippen molar-refractivity contribution in [2.75, 3.05) is 13.7 Å². The number of amides is 1. The smallest absolute Gasteiger partial charge is 0.328 e. The van der Waals surface area contributed by atoms with Crippen LogP contribution in [0.2, 0.25) is 0 Å². The van der Waals surface area contributed by atoms with Gasteiger partial charge < -0.3 is 14.8 Å². The number of esters is 1. The fourth-order valence-electron chi connectivity index (χ4n) is 1.43. The van der Waals surface area contributed by atoms with Gasteiger partial charge in [-0.3, -0.25) is 4.79 Å². The molecule has 0 spiro atoms. The van der Waals surface area contributed by atoms with Crippen LogP contribution in [0.3, 0.4) is 0 Å². The van der Waals surface area contributed by atoms with E-state index in [1.807, 2.05) is 6.92 Å². The maximum absolute atomic E-state index is 11.9. The van der Waals surface area contributed by atoms with Gasteiger partial charge in [-0.1, -0.05) is 13.0 Å². The molecule has 0 aliphatic rings. The van der Waals surface area contributed by atoms with Crippen LogP contribution in [-0.2, 0) is 9.53 Å². The molecular formula is C14H19NO4. The number of benzene rings is 1. The Morgan fingerprint density at radius 2 is 2.11 bits per heavy atom. The lowest BCUT2D eigenvalue weighted by atomic mass is 10.2. The standard InChI is InChI=1S/C14H19NO4/c1-4-8-19-14(17)10(2)15-13(16)11-6-5-7-12(9-11)18-3/h5-7,9-10H,4,8H2,1-3H3,(H,15,16)/t10-/m0/s1. The van der Waals surface area contributed by atoms with Crippen LogP contribution in [0.25, 0.3) is 0 Å². The maximum Gasteiger partial charge on any atom is 0.328 e. The highest BCUT2D eigenvalue weighted by atomic mass is 16.5. The molecule has 0 radical (unpaired) electrons. The third-order valence-corrected chi connectivity index (χ3v) is 2.48. The molecule has 0 unspecified atom stereocenters. The molecule has 5 nitrogen and oxygen atoms in total. The van der Waals surface area contributed by atoms with E-state index in [2.05, 4.69) is 5.32 Å². The zero-order valence-corrected chi connectivity index (χ0v) is 11.4. The van der Waals surface area contributed by atoms with Gasteiger partial charge in [-0.05, 0) is 31.5 Å². The van der Waals surface area contributed by atoms with E-state index in [0.717, 1.165) is 6.42 Å². The van der Waals surface area contributed by atoms with Crippen molar-refractivity contribution in [1.29, 1.82) is 0 Å². The lowest BCUT2D eigenvalue weighted by Gasteiger charge is -2.13. The molecule has 5 heteroatoms. The third-order valence-electron chi connectivity index (χ3n) is 2.48. The second kappa shape index (κ2) is 7.41. The molecule has 1 atom stereocenters. The molecule has 104 valence electrons. The summed E-state index contributed by atoms with van der Waals surface area (Å²) in [7, 11) is 1.53. The van der Waals surface area contributed by atoms with E-state index in [1.54, 1.807) is 31.2 Å². The predicted octanol–water partition coefficient (Wildman–Crippen LogP) is 1.77. The molecule has 0 saturated heterocycles. The quantitative estimate of drug-likeness (QED) is 0.796. The number of carbonyl (C=O) groups excluding carboxylic acids is 2. The number of rotatable bonds is 6. The van der Waals surface area contributed by atoms with Gasteiger partial charge in [-0.15, -0.1) is 0 Å². The summed E-state index contributed by atoms with van der Waals surface area (Å²) in [6, 6.07) is 6.05.